The lowest BCUT2D eigenvalue weighted by atomic mass is 10.1. The van der Waals surface area contributed by atoms with Crippen LogP contribution in [0.2, 0.25) is 0 Å². The summed E-state index contributed by atoms with van der Waals surface area (Å²) in [6, 6.07) is 4.33. The molecule has 0 spiro atoms. The number of hydrogen-bond acceptors (Lipinski definition) is 2. The van der Waals surface area contributed by atoms with E-state index in [4.69, 9.17) is 0 Å². The van der Waals surface area contributed by atoms with E-state index in [1.165, 1.54) is 18.2 Å². The maximum absolute atomic E-state index is 13.5. The van der Waals surface area contributed by atoms with E-state index >= 15 is 0 Å². The van der Waals surface area contributed by atoms with E-state index in [0.29, 0.717) is 12.6 Å². The van der Waals surface area contributed by atoms with Gasteiger partial charge in [0.2, 0.25) is 0 Å². The molecule has 1 fully saturated rings. The summed E-state index contributed by atoms with van der Waals surface area (Å²) in [6.07, 6.45) is 0. The summed E-state index contributed by atoms with van der Waals surface area (Å²) in [5, 5.41) is 3.25. The number of nitrogens with one attached hydrogen (secondary N) is 1. The Morgan fingerprint density at radius 1 is 1.35 bits per heavy atom. The van der Waals surface area contributed by atoms with E-state index in [2.05, 4.69) is 17.1 Å². The maximum Gasteiger partial charge on any atom is 0.130 e. The molecule has 2 nitrogen and oxygen atoms in total. The van der Waals surface area contributed by atoms with Crippen LogP contribution in [0.25, 0.3) is 0 Å². The first-order valence-electron chi connectivity index (χ1n) is 5.56. The molecule has 17 heavy (non-hydrogen) atoms. The van der Waals surface area contributed by atoms with Crippen LogP contribution in [0.3, 0.4) is 0 Å². The van der Waals surface area contributed by atoms with Crippen LogP contribution >= 0.6 is 12.4 Å². The van der Waals surface area contributed by atoms with Gasteiger partial charge in [-0.3, -0.25) is 4.90 Å². The van der Waals surface area contributed by atoms with Gasteiger partial charge in [0.05, 0.1) is 0 Å². The fraction of sp³-hybridized carbons (Fsp3) is 0.500. The molecular formula is C12H17ClF2N2. The second kappa shape index (κ2) is 6.28. The molecule has 1 aliphatic rings. The van der Waals surface area contributed by atoms with Crippen molar-refractivity contribution in [2.45, 2.75) is 19.5 Å². The standard InChI is InChI=1S/C12H16F2N2.ClH/c1-9-7-15-5-6-16(9)8-10-11(13)3-2-4-12(10)14;/h2-4,9,15H,5-8H2,1H3;1H. The van der Waals surface area contributed by atoms with Crippen LogP contribution in [0.1, 0.15) is 12.5 Å². The highest BCUT2D eigenvalue weighted by Crippen LogP contribution is 2.16. The van der Waals surface area contributed by atoms with Crippen molar-refractivity contribution in [3.8, 4) is 0 Å². The average molecular weight is 263 g/mol. The monoisotopic (exact) mass is 262 g/mol. The Kier molecular flexibility index (Phi) is 5.31. The van der Waals surface area contributed by atoms with Gasteiger partial charge in [-0.25, -0.2) is 8.78 Å². The van der Waals surface area contributed by atoms with E-state index in [9.17, 15) is 8.78 Å². The second-order valence-electron chi connectivity index (χ2n) is 4.22. The summed E-state index contributed by atoms with van der Waals surface area (Å²) >= 11 is 0. The number of piperazine rings is 1. The van der Waals surface area contributed by atoms with Gasteiger partial charge in [0, 0.05) is 37.8 Å². The molecule has 0 radical (unpaired) electrons. The van der Waals surface area contributed by atoms with Gasteiger partial charge in [-0.1, -0.05) is 6.07 Å². The SMILES string of the molecule is CC1CNCCN1Cc1c(F)cccc1F.Cl. The van der Waals surface area contributed by atoms with Gasteiger partial charge in [-0.15, -0.1) is 12.4 Å². The van der Waals surface area contributed by atoms with Crippen LogP contribution in [0.15, 0.2) is 18.2 Å². The van der Waals surface area contributed by atoms with Gasteiger partial charge < -0.3 is 5.32 Å². The highest BCUT2D eigenvalue weighted by molar-refractivity contribution is 5.85. The zero-order chi connectivity index (χ0) is 11.5. The van der Waals surface area contributed by atoms with Gasteiger partial charge in [0.1, 0.15) is 11.6 Å². The highest BCUT2D eigenvalue weighted by atomic mass is 35.5. The third-order valence-corrected chi connectivity index (χ3v) is 3.06. The third-order valence-electron chi connectivity index (χ3n) is 3.06. The van der Waals surface area contributed by atoms with E-state index in [0.717, 1.165) is 19.6 Å². The number of halogens is 3. The quantitative estimate of drug-likeness (QED) is 0.879. The number of rotatable bonds is 2. The van der Waals surface area contributed by atoms with Crippen molar-refractivity contribution in [2.24, 2.45) is 0 Å². The summed E-state index contributed by atoms with van der Waals surface area (Å²) < 4.78 is 26.9. The first-order valence-corrected chi connectivity index (χ1v) is 5.56. The van der Waals surface area contributed by atoms with Gasteiger partial charge >= 0.3 is 0 Å². The van der Waals surface area contributed by atoms with Crippen molar-refractivity contribution in [3.05, 3.63) is 35.4 Å². The fourth-order valence-corrected chi connectivity index (χ4v) is 2.00. The molecule has 0 amide bonds. The summed E-state index contributed by atoms with van der Waals surface area (Å²) in [7, 11) is 0. The number of hydrogen-bond donors (Lipinski definition) is 1. The molecule has 96 valence electrons. The largest absolute Gasteiger partial charge is 0.314 e. The van der Waals surface area contributed by atoms with E-state index in [1.807, 2.05) is 0 Å². The molecule has 1 atom stereocenters. The van der Waals surface area contributed by atoms with Crippen LogP contribution in [0.5, 0.6) is 0 Å². The molecule has 1 aromatic carbocycles. The molecule has 1 aromatic rings. The summed E-state index contributed by atoms with van der Waals surface area (Å²) in [5.74, 6) is -0.906. The Morgan fingerprint density at radius 2 is 2.00 bits per heavy atom. The van der Waals surface area contributed by atoms with Crippen LogP contribution in [-0.4, -0.2) is 30.6 Å². The molecule has 0 saturated carbocycles. The van der Waals surface area contributed by atoms with E-state index < -0.39 is 11.6 Å². The van der Waals surface area contributed by atoms with Crippen molar-refractivity contribution >= 4 is 12.4 Å². The number of nitrogens with zero attached hydrogens (tertiary/aromatic N) is 1. The van der Waals surface area contributed by atoms with Crippen LogP contribution < -0.4 is 5.32 Å². The molecule has 5 heteroatoms. The molecule has 0 aromatic heterocycles. The topological polar surface area (TPSA) is 15.3 Å². The minimum absolute atomic E-state index is 0. The van der Waals surface area contributed by atoms with Crippen molar-refractivity contribution in [2.75, 3.05) is 19.6 Å². The normalized spacial score (nSPS) is 21.0. The van der Waals surface area contributed by atoms with Gasteiger partial charge in [-0.2, -0.15) is 0 Å². The van der Waals surface area contributed by atoms with Crippen LogP contribution in [-0.2, 0) is 6.54 Å². The van der Waals surface area contributed by atoms with Gasteiger partial charge in [0.15, 0.2) is 0 Å². The molecule has 1 aliphatic heterocycles. The zero-order valence-corrected chi connectivity index (χ0v) is 10.6. The Morgan fingerprint density at radius 3 is 2.59 bits per heavy atom. The minimum atomic E-state index is -0.453. The van der Waals surface area contributed by atoms with Crippen molar-refractivity contribution in [1.29, 1.82) is 0 Å². The molecule has 2 rings (SSSR count). The first-order chi connectivity index (χ1) is 7.68. The molecule has 1 saturated heterocycles. The van der Waals surface area contributed by atoms with Gasteiger partial charge in [0.25, 0.3) is 0 Å². The molecule has 1 N–H and O–H groups in total. The van der Waals surface area contributed by atoms with Gasteiger partial charge in [-0.05, 0) is 19.1 Å². The lowest BCUT2D eigenvalue weighted by Crippen LogP contribution is -2.49. The Bertz CT molecular complexity index is 353. The molecule has 0 bridgehead atoms. The lowest BCUT2D eigenvalue weighted by molar-refractivity contribution is 0.161. The van der Waals surface area contributed by atoms with Crippen LogP contribution in [0, 0.1) is 11.6 Å². The molecule has 1 unspecified atom stereocenters. The molecule has 1 heterocycles. The Balaban J connectivity index is 0.00000144. The fourth-order valence-electron chi connectivity index (χ4n) is 2.00. The summed E-state index contributed by atoms with van der Waals surface area (Å²) in [6.45, 7) is 4.98. The highest BCUT2D eigenvalue weighted by Gasteiger charge is 2.20. The predicted octanol–water partition coefficient (Wildman–Crippen LogP) is 2.18. The Hall–Kier alpha value is -0.710. The van der Waals surface area contributed by atoms with E-state index in [1.54, 1.807) is 0 Å². The molecule has 0 aliphatic carbocycles. The maximum atomic E-state index is 13.5. The lowest BCUT2D eigenvalue weighted by Gasteiger charge is -2.33. The van der Waals surface area contributed by atoms with E-state index in [-0.39, 0.29) is 18.0 Å². The minimum Gasteiger partial charge on any atom is -0.314 e. The molecular weight excluding hydrogens is 246 g/mol. The van der Waals surface area contributed by atoms with Crippen molar-refractivity contribution in [1.82, 2.24) is 10.2 Å². The van der Waals surface area contributed by atoms with Crippen LogP contribution in [0.4, 0.5) is 8.78 Å². The summed E-state index contributed by atoms with van der Waals surface area (Å²) in [4.78, 5) is 2.10. The Labute approximate surface area is 106 Å². The van der Waals surface area contributed by atoms with Crippen molar-refractivity contribution in [3.63, 3.8) is 0 Å². The number of benzene rings is 1. The first kappa shape index (κ1) is 14.4. The summed E-state index contributed by atoms with van der Waals surface area (Å²) in [5.41, 5.74) is 0.177. The average Bonchev–Trinajstić information content (AvgIpc) is 2.26. The zero-order valence-electron chi connectivity index (χ0n) is 9.75. The predicted molar refractivity (Wildman–Crippen MR) is 66.3 cm³/mol. The third kappa shape index (κ3) is 3.37. The van der Waals surface area contributed by atoms with Crippen molar-refractivity contribution < 1.29 is 8.78 Å². The second-order valence-corrected chi connectivity index (χ2v) is 4.22. The smallest absolute Gasteiger partial charge is 0.130 e.